The van der Waals surface area contributed by atoms with E-state index in [0.717, 1.165) is 0 Å². The first kappa shape index (κ1) is 16.0. The lowest BCUT2D eigenvalue weighted by Crippen LogP contribution is -2.30. The first-order valence-corrected chi connectivity index (χ1v) is 7.10. The van der Waals surface area contributed by atoms with Crippen molar-refractivity contribution in [3.05, 3.63) is 34.7 Å². The molecule has 22 heavy (non-hydrogen) atoms. The summed E-state index contributed by atoms with van der Waals surface area (Å²) < 4.78 is 2.83. The minimum absolute atomic E-state index is 0.159. The molecule has 7 nitrogen and oxygen atoms in total. The lowest BCUT2D eigenvalue weighted by Gasteiger charge is -2.11. The van der Waals surface area contributed by atoms with Crippen LogP contribution in [0.2, 0.25) is 0 Å². The van der Waals surface area contributed by atoms with Gasteiger partial charge in [-0.2, -0.15) is 0 Å². The number of benzene rings is 1. The molecule has 7 heteroatoms. The van der Waals surface area contributed by atoms with E-state index in [9.17, 15) is 14.4 Å². The van der Waals surface area contributed by atoms with Crippen molar-refractivity contribution in [3.8, 4) is 0 Å². The zero-order chi connectivity index (χ0) is 16.1. The first-order valence-electron chi connectivity index (χ1n) is 7.10. The maximum absolute atomic E-state index is 12.5. The van der Waals surface area contributed by atoms with Crippen molar-refractivity contribution in [2.75, 3.05) is 13.7 Å². The second-order valence-electron chi connectivity index (χ2n) is 4.93. The average molecular weight is 305 g/mol. The Morgan fingerprint density at radius 1 is 1.36 bits per heavy atom. The van der Waals surface area contributed by atoms with Crippen molar-refractivity contribution >= 4 is 23.2 Å². The number of nitrogens with zero attached hydrogens (tertiary/aromatic N) is 2. The summed E-state index contributed by atoms with van der Waals surface area (Å²) in [7, 11) is 1.53. The van der Waals surface area contributed by atoms with E-state index >= 15 is 0 Å². The summed E-state index contributed by atoms with van der Waals surface area (Å²) in [5.41, 5.74) is 0.924. The molecule has 0 saturated carbocycles. The number of hydrogen-bond acceptors (Lipinski definition) is 4. The summed E-state index contributed by atoms with van der Waals surface area (Å²) in [6.07, 6.45) is 1.09. The Kier molecular flexibility index (Phi) is 5.11. The number of aldehydes is 1. The SMILES string of the molecule is CNC(=O)CCC(C=O)n1c(=O)n(CCO)c2ccccc21. The van der Waals surface area contributed by atoms with Gasteiger partial charge in [0.15, 0.2) is 0 Å². The molecule has 2 aromatic rings. The first-order chi connectivity index (χ1) is 10.6. The van der Waals surface area contributed by atoms with Gasteiger partial charge in [0.1, 0.15) is 6.29 Å². The molecule has 1 heterocycles. The van der Waals surface area contributed by atoms with Crippen LogP contribution < -0.4 is 11.0 Å². The van der Waals surface area contributed by atoms with Crippen molar-refractivity contribution in [1.82, 2.24) is 14.5 Å². The molecule has 118 valence electrons. The molecule has 0 saturated heterocycles. The molecule has 0 aliphatic rings. The second-order valence-corrected chi connectivity index (χ2v) is 4.93. The smallest absolute Gasteiger partial charge is 0.329 e. The molecule has 0 bridgehead atoms. The van der Waals surface area contributed by atoms with Crippen LogP contribution in [0.4, 0.5) is 0 Å². The molecule has 2 rings (SSSR count). The van der Waals surface area contributed by atoms with Gasteiger partial charge in [-0.15, -0.1) is 0 Å². The molecular formula is C15H19N3O4. The van der Waals surface area contributed by atoms with Crippen LogP contribution in [0.25, 0.3) is 11.0 Å². The zero-order valence-electron chi connectivity index (χ0n) is 12.4. The number of carbonyl (C=O) groups is 2. The lowest BCUT2D eigenvalue weighted by atomic mass is 10.1. The van der Waals surface area contributed by atoms with Crippen LogP contribution in [-0.4, -0.2) is 40.1 Å². The van der Waals surface area contributed by atoms with Crippen LogP contribution in [0.5, 0.6) is 0 Å². The fourth-order valence-electron chi connectivity index (χ4n) is 2.53. The number of carbonyl (C=O) groups excluding carboxylic acids is 2. The van der Waals surface area contributed by atoms with E-state index in [1.54, 1.807) is 24.3 Å². The van der Waals surface area contributed by atoms with E-state index < -0.39 is 6.04 Å². The Morgan fingerprint density at radius 3 is 2.64 bits per heavy atom. The molecule has 0 fully saturated rings. The van der Waals surface area contributed by atoms with Gasteiger partial charge in [0.25, 0.3) is 0 Å². The Bertz CT molecular complexity index is 732. The normalized spacial score (nSPS) is 12.3. The van der Waals surface area contributed by atoms with Gasteiger partial charge in [-0.3, -0.25) is 13.9 Å². The number of para-hydroxylation sites is 2. The van der Waals surface area contributed by atoms with Crippen molar-refractivity contribution in [3.63, 3.8) is 0 Å². The quantitative estimate of drug-likeness (QED) is 0.708. The van der Waals surface area contributed by atoms with Crippen molar-refractivity contribution < 1.29 is 14.7 Å². The van der Waals surface area contributed by atoms with Crippen LogP contribution >= 0.6 is 0 Å². The molecule has 1 aromatic heterocycles. The molecule has 0 spiro atoms. The molecular weight excluding hydrogens is 286 g/mol. The highest BCUT2D eigenvalue weighted by Gasteiger charge is 2.20. The maximum atomic E-state index is 12.5. The number of aliphatic hydroxyl groups excluding tert-OH is 1. The highest BCUT2D eigenvalue weighted by atomic mass is 16.3. The largest absolute Gasteiger partial charge is 0.395 e. The second kappa shape index (κ2) is 7.04. The molecule has 1 amide bonds. The van der Waals surface area contributed by atoms with Gasteiger partial charge < -0.3 is 15.2 Å². The number of nitrogens with one attached hydrogen (secondary N) is 1. The van der Waals surface area contributed by atoms with E-state index in [1.807, 2.05) is 0 Å². The number of imidazole rings is 1. The standard InChI is InChI=1S/C15H19N3O4/c1-16-14(21)7-6-11(10-20)18-13-5-3-2-4-12(13)17(8-9-19)15(18)22/h2-5,10-11,19H,6-9H2,1H3,(H,16,21). The Hall–Kier alpha value is -2.41. The molecule has 2 N–H and O–H groups in total. The number of rotatable bonds is 7. The molecule has 1 atom stereocenters. The van der Waals surface area contributed by atoms with Gasteiger partial charge in [0.2, 0.25) is 5.91 Å². The van der Waals surface area contributed by atoms with E-state index in [-0.39, 0.29) is 37.6 Å². The summed E-state index contributed by atoms with van der Waals surface area (Å²) in [6.45, 7) is -0.00865. The Labute approximate surface area is 127 Å². The van der Waals surface area contributed by atoms with Gasteiger partial charge in [0.05, 0.1) is 30.2 Å². The van der Waals surface area contributed by atoms with Crippen molar-refractivity contribution in [1.29, 1.82) is 0 Å². The lowest BCUT2D eigenvalue weighted by molar-refractivity contribution is -0.121. The van der Waals surface area contributed by atoms with Crippen LogP contribution in [0.1, 0.15) is 18.9 Å². The van der Waals surface area contributed by atoms with Crippen molar-refractivity contribution in [2.45, 2.75) is 25.4 Å². The summed E-state index contributed by atoms with van der Waals surface area (Å²) in [5, 5.41) is 11.6. The summed E-state index contributed by atoms with van der Waals surface area (Å²) in [5.74, 6) is -0.181. The van der Waals surface area contributed by atoms with Crippen LogP contribution in [0, 0.1) is 0 Å². The Morgan fingerprint density at radius 2 is 2.05 bits per heavy atom. The fraction of sp³-hybridized carbons (Fsp3) is 0.400. The minimum Gasteiger partial charge on any atom is -0.395 e. The van der Waals surface area contributed by atoms with Gasteiger partial charge >= 0.3 is 5.69 Å². The number of aliphatic hydroxyl groups is 1. The molecule has 1 aromatic carbocycles. The molecule has 0 aliphatic heterocycles. The Balaban J connectivity index is 2.48. The monoisotopic (exact) mass is 305 g/mol. The predicted octanol–water partition coefficient (Wildman–Crippen LogP) is 0.0615. The van der Waals surface area contributed by atoms with E-state index in [4.69, 9.17) is 5.11 Å². The fourth-order valence-corrected chi connectivity index (χ4v) is 2.53. The number of fused-ring (bicyclic) bond motifs is 1. The summed E-state index contributed by atoms with van der Waals surface area (Å²) in [4.78, 5) is 35.3. The van der Waals surface area contributed by atoms with Crippen molar-refractivity contribution in [2.24, 2.45) is 0 Å². The highest BCUT2D eigenvalue weighted by molar-refractivity contribution is 5.78. The molecule has 0 radical (unpaired) electrons. The predicted molar refractivity (Wildman–Crippen MR) is 81.7 cm³/mol. The van der Waals surface area contributed by atoms with E-state index in [1.165, 1.54) is 16.2 Å². The van der Waals surface area contributed by atoms with Gasteiger partial charge in [-0.05, 0) is 18.6 Å². The highest BCUT2D eigenvalue weighted by Crippen LogP contribution is 2.19. The topological polar surface area (TPSA) is 93.3 Å². The molecule has 1 unspecified atom stereocenters. The third kappa shape index (κ3) is 2.94. The average Bonchev–Trinajstić information content (AvgIpc) is 2.81. The number of aromatic nitrogens is 2. The number of hydrogen-bond donors (Lipinski definition) is 2. The van der Waals surface area contributed by atoms with Gasteiger partial charge in [-0.25, -0.2) is 4.79 Å². The molecule has 0 aliphatic carbocycles. The van der Waals surface area contributed by atoms with Crippen LogP contribution in [0.15, 0.2) is 29.1 Å². The minimum atomic E-state index is -0.713. The van der Waals surface area contributed by atoms with E-state index in [0.29, 0.717) is 17.3 Å². The third-order valence-electron chi connectivity index (χ3n) is 3.63. The number of amides is 1. The maximum Gasteiger partial charge on any atom is 0.329 e. The summed E-state index contributed by atoms with van der Waals surface area (Å²) in [6, 6.07) is 6.38. The zero-order valence-corrected chi connectivity index (χ0v) is 12.4. The third-order valence-corrected chi connectivity index (χ3v) is 3.63. The summed E-state index contributed by atoms with van der Waals surface area (Å²) >= 11 is 0. The van der Waals surface area contributed by atoms with Gasteiger partial charge in [0, 0.05) is 13.5 Å². The van der Waals surface area contributed by atoms with Crippen LogP contribution in [-0.2, 0) is 16.1 Å². The van der Waals surface area contributed by atoms with Crippen LogP contribution in [0.3, 0.4) is 0 Å². The van der Waals surface area contributed by atoms with E-state index in [2.05, 4.69) is 5.32 Å². The van der Waals surface area contributed by atoms with Gasteiger partial charge in [-0.1, -0.05) is 12.1 Å².